The van der Waals surface area contributed by atoms with Crippen LogP contribution in [0.3, 0.4) is 0 Å². The van der Waals surface area contributed by atoms with E-state index in [1.807, 2.05) is 0 Å². The van der Waals surface area contributed by atoms with Crippen LogP contribution in [0.4, 0.5) is 13.2 Å². The number of hydrazone groups is 1. The van der Waals surface area contributed by atoms with Gasteiger partial charge in [0.25, 0.3) is 5.72 Å². The van der Waals surface area contributed by atoms with Crippen molar-refractivity contribution in [2.24, 2.45) is 11.0 Å². The lowest BCUT2D eigenvalue weighted by atomic mass is 9.99. The number of nitrogens with zero attached hydrogens (tertiary/aromatic N) is 2. The topological polar surface area (TPSA) is 79.2 Å². The Balaban J connectivity index is 3.13. The van der Waals surface area contributed by atoms with Crippen molar-refractivity contribution in [1.82, 2.24) is 5.01 Å². The van der Waals surface area contributed by atoms with Gasteiger partial charge in [0.1, 0.15) is 5.60 Å². The summed E-state index contributed by atoms with van der Waals surface area (Å²) in [6.07, 6.45) is -5.88. The summed E-state index contributed by atoms with van der Waals surface area (Å²) in [5.41, 5.74) is -4.60. The van der Waals surface area contributed by atoms with Crippen LogP contribution in [0.5, 0.6) is 0 Å². The summed E-state index contributed by atoms with van der Waals surface area (Å²) in [7, 11) is 0. The highest BCUT2D eigenvalue weighted by atomic mass is 19.4. The third-order valence-corrected chi connectivity index (χ3v) is 2.91. The van der Waals surface area contributed by atoms with Crippen molar-refractivity contribution < 1.29 is 32.6 Å². The third kappa shape index (κ3) is 4.43. The van der Waals surface area contributed by atoms with Crippen molar-refractivity contribution in [2.45, 2.75) is 65.0 Å². The van der Waals surface area contributed by atoms with Gasteiger partial charge in [-0.2, -0.15) is 23.3 Å². The molecule has 6 nitrogen and oxygen atoms in total. The van der Waals surface area contributed by atoms with Gasteiger partial charge < -0.3 is 9.84 Å². The van der Waals surface area contributed by atoms with Gasteiger partial charge in [-0.3, -0.25) is 4.79 Å². The van der Waals surface area contributed by atoms with E-state index in [0.29, 0.717) is 0 Å². The average molecular weight is 338 g/mol. The van der Waals surface area contributed by atoms with Crippen LogP contribution in [-0.4, -0.2) is 45.2 Å². The largest absolute Gasteiger partial charge is 0.453 e. The minimum absolute atomic E-state index is 0.00302. The maximum absolute atomic E-state index is 13.2. The molecule has 0 aromatic carbocycles. The fourth-order valence-electron chi connectivity index (χ4n) is 2.05. The van der Waals surface area contributed by atoms with Crippen LogP contribution in [0.1, 0.15) is 47.5 Å². The molecule has 132 valence electrons. The molecule has 0 radical (unpaired) electrons. The molecule has 0 bridgehead atoms. The third-order valence-electron chi connectivity index (χ3n) is 2.91. The minimum atomic E-state index is -5.16. The Morgan fingerprint density at radius 1 is 1.35 bits per heavy atom. The number of rotatable bonds is 2. The van der Waals surface area contributed by atoms with E-state index in [4.69, 9.17) is 4.74 Å². The normalized spacial score (nSPS) is 22.3. The Labute approximate surface area is 132 Å². The smallest absolute Gasteiger partial charge is 0.438 e. The van der Waals surface area contributed by atoms with Crippen LogP contribution in [0.15, 0.2) is 5.10 Å². The van der Waals surface area contributed by atoms with Gasteiger partial charge >= 0.3 is 18.1 Å². The van der Waals surface area contributed by atoms with Gasteiger partial charge in [0.05, 0.1) is 0 Å². The molecule has 1 aliphatic heterocycles. The van der Waals surface area contributed by atoms with Crippen molar-refractivity contribution in [1.29, 1.82) is 0 Å². The molecule has 0 aromatic rings. The van der Waals surface area contributed by atoms with Crippen LogP contribution < -0.4 is 0 Å². The molecule has 1 amide bonds. The zero-order chi connectivity index (χ0) is 18.2. The highest BCUT2D eigenvalue weighted by molar-refractivity contribution is 6.32. The van der Waals surface area contributed by atoms with E-state index in [0.717, 1.165) is 0 Å². The molecule has 0 fully saturated rings. The first kappa shape index (κ1) is 19.4. The van der Waals surface area contributed by atoms with Crippen LogP contribution >= 0.6 is 0 Å². The Bertz CT molecular complexity index is 523. The highest BCUT2D eigenvalue weighted by Gasteiger charge is 2.64. The number of hydrogen-bond acceptors (Lipinski definition) is 5. The van der Waals surface area contributed by atoms with Gasteiger partial charge in [-0.1, -0.05) is 13.8 Å². The molecule has 9 heteroatoms. The summed E-state index contributed by atoms with van der Waals surface area (Å²) in [5.74, 6) is -3.18. The lowest BCUT2D eigenvalue weighted by Crippen LogP contribution is -2.58. The average Bonchev–Trinajstić information content (AvgIpc) is 2.62. The van der Waals surface area contributed by atoms with Gasteiger partial charge in [0.2, 0.25) is 0 Å². The Morgan fingerprint density at radius 2 is 1.87 bits per heavy atom. The molecule has 0 saturated carbocycles. The second-order valence-electron chi connectivity index (χ2n) is 6.87. The van der Waals surface area contributed by atoms with Crippen molar-refractivity contribution >= 4 is 17.6 Å². The van der Waals surface area contributed by atoms with Gasteiger partial charge in [0, 0.05) is 12.1 Å². The number of esters is 1. The first-order valence-corrected chi connectivity index (χ1v) is 7.10. The van der Waals surface area contributed by atoms with E-state index in [9.17, 15) is 27.9 Å². The lowest BCUT2D eigenvalue weighted by Gasteiger charge is -2.32. The standard InChI is InChI=1S/C14H21F3N2O4/c1-8(2)6-9-7-13(22,14(15,16)17)19(18-9)10(20)11(21)23-12(3,4)5/h8,22H,6-7H2,1-5H3/t13-/m0/s1. The second kappa shape index (κ2) is 6.10. The van der Waals surface area contributed by atoms with Crippen molar-refractivity contribution in [2.75, 3.05) is 0 Å². The van der Waals surface area contributed by atoms with Gasteiger partial charge in [-0.25, -0.2) is 4.79 Å². The molecule has 1 heterocycles. The molecule has 0 unspecified atom stereocenters. The van der Waals surface area contributed by atoms with Crippen molar-refractivity contribution in [3.8, 4) is 0 Å². The van der Waals surface area contributed by atoms with E-state index in [-0.39, 0.29) is 23.1 Å². The first-order valence-electron chi connectivity index (χ1n) is 7.10. The van der Waals surface area contributed by atoms with Gasteiger partial charge in [-0.05, 0) is 33.1 Å². The van der Waals surface area contributed by atoms with E-state index in [1.54, 1.807) is 13.8 Å². The summed E-state index contributed by atoms with van der Waals surface area (Å²) in [6.45, 7) is 7.91. The molecule has 0 aliphatic carbocycles. The minimum Gasteiger partial charge on any atom is -0.453 e. The maximum atomic E-state index is 13.2. The number of aliphatic hydroxyl groups is 1. The van der Waals surface area contributed by atoms with Crippen molar-refractivity contribution in [3.63, 3.8) is 0 Å². The predicted molar refractivity (Wildman–Crippen MR) is 75.2 cm³/mol. The molecule has 0 saturated heterocycles. The molecule has 1 atom stereocenters. The fourth-order valence-corrected chi connectivity index (χ4v) is 2.05. The highest BCUT2D eigenvalue weighted by Crippen LogP contribution is 2.41. The molecule has 0 spiro atoms. The Kier molecular flexibility index (Phi) is 5.15. The van der Waals surface area contributed by atoms with E-state index in [2.05, 4.69) is 5.10 Å². The number of halogens is 3. The molecule has 1 rings (SSSR count). The van der Waals surface area contributed by atoms with Crippen LogP contribution in [0.2, 0.25) is 0 Å². The second-order valence-corrected chi connectivity index (χ2v) is 6.87. The number of hydrogen-bond donors (Lipinski definition) is 1. The van der Waals surface area contributed by atoms with Gasteiger partial charge in [-0.15, -0.1) is 0 Å². The number of alkyl halides is 3. The zero-order valence-electron chi connectivity index (χ0n) is 13.7. The molecular weight excluding hydrogens is 317 g/mol. The quantitative estimate of drug-likeness (QED) is 0.618. The van der Waals surface area contributed by atoms with Crippen LogP contribution in [0.25, 0.3) is 0 Å². The van der Waals surface area contributed by atoms with Crippen LogP contribution in [-0.2, 0) is 14.3 Å². The summed E-state index contributed by atoms with van der Waals surface area (Å²) >= 11 is 0. The summed E-state index contributed by atoms with van der Waals surface area (Å²) in [6, 6.07) is 0. The number of ether oxygens (including phenoxy) is 1. The Hall–Kier alpha value is -1.64. The Morgan fingerprint density at radius 3 is 2.26 bits per heavy atom. The fraction of sp³-hybridized carbons (Fsp3) is 0.786. The van der Waals surface area contributed by atoms with Crippen LogP contribution in [0, 0.1) is 5.92 Å². The van der Waals surface area contributed by atoms with E-state index in [1.165, 1.54) is 20.8 Å². The molecule has 1 N–H and O–H groups in total. The molecule has 23 heavy (non-hydrogen) atoms. The summed E-state index contributed by atoms with van der Waals surface area (Å²) in [4.78, 5) is 23.7. The number of carbonyl (C=O) groups excluding carboxylic acids is 2. The van der Waals surface area contributed by atoms with E-state index >= 15 is 0 Å². The lowest BCUT2D eigenvalue weighted by molar-refractivity contribution is -0.302. The van der Waals surface area contributed by atoms with Gasteiger partial charge in [0.15, 0.2) is 0 Å². The monoisotopic (exact) mass is 338 g/mol. The van der Waals surface area contributed by atoms with E-state index < -0.39 is 35.8 Å². The van der Waals surface area contributed by atoms with Crippen molar-refractivity contribution in [3.05, 3.63) is 0 Å². The molecule has 0 aromatic heterocycles. The SMILES string of the molecule is CC(C)CC1=NN(C(=O)C(=O)OC(C)(C)C)[C@@](O)(C(F)(F)F)C1. The predicted octanol–water partition coefficient (Wildman–Crippen LogP) is 2.21. The maximum Gasteiger partial charge on any atom is 0.438 e. The first-order chi connectivity index (χ1) is 10.2. The molecular formula is C14H21F3N2O4. The summed E-state index contributed by atoms with van der Waals surface area (Å²) < 4.78 is 44.4. The molecule has 1 aliphatic rings. The number of carbonyl (C=O) groups is 2. The summed E-state index contributed by atoms with van der Waals surface area (Å²) in [5, 5.41) is 13.3. The number of amides is 1. The zero-order valence-corrected chi connectivity index (χ0v) is 13.7.